The molecule has 2 N–H and O–H groups in total. The van der Waals surface area contributed by atoms with Gasteiger partial charge in [0.05, 0.1) is 0 Å². The third-order valence-electron chi connectivity index (χ3n) is 5.09. The first-order valence-corrected chi connectivity index (χ1v) is 8.91. The van der Waals surface area contributed by atoms with E-state index in [1.165, 1.54) is 0 Å². The van der Waals surface area contributed by atoms with Crippen LogP contribution in [0, 0.1) is 12.8 Å². The summed E-state index contributed by atoms with van der Waals surface area (Å²) in [5, 5.41) is 13.7. The largest absolute Gasteiger partial charge is 0.463 e. The zero-order valence-corrected chi connectivity index (χ0v) is 15.8. The van der Waals surface area contributed by atoms with Crippen LogP contribution < -0.4 is 5.32 Å². The molecule has 3 rings (SSSR count). The SMILES string of the molecule is CCc1cnc(C2=NC(C)(C(C)C)C(=O)N2)c(C(O)c2ccc(C)o2)c1. The molecule has 0 bridgehead atoms. The van der Waals surface area contributed by atoms with Crippen LogP contribution in [-0.2, 0) is 11.2 Å². The van der Waals surface area contributed by atoms with Crippen LogP contribution in [0.3, 0.4) is 0 Å². The second-order valence-electron chi connectivity index (χ2n) is 7.20. The van der Waals surface area contributed by atoms with E-state index in [0.717, 1.165) is 17.7 Å². The minimum Gasteiger partial charge on any atom is -0.463 e. The molecule has 1 aliphatic rings. The molecule has 0 fully saturated rings. The molecule has 6 heteroatoms. The number of rotatable bonds is 5. The highest BCUT2D eigenvalue weighted by Crippen LogP contribution is 2.31. The van der Waals surface area contributed by atoms with Gasteiger partial charge in [-0.05, 0) is 49.9 Å². The maximum Gasteiger partial charge on any atom is 0.253 e. The molecule has 1 amide bonds. The molecular formula is C20H25N3O3. The number of aliphatic hydroxyl groups is 1. The summed E-state index contributed by atoms with van der Waals surface area (Å²) in [6, 6.07) is 5.44. The number of hydrogen-bond acceptors (Lipinski definition) is 5. The molecule has 138 valence electrons. The summed E-state index contributed by atoms with van der Waals surface area (Å²) in [5.74, 6) is 1.44. The van der Waals surface area contributed by atoms with Gasteiger partial charge < -0.3 is 14.8 Å². The summed E-state index contributed by atoms with van der Waals surface area (Å²) >= 11 is 0. The monoisotopic (exact) mass is 355 g/mol. The van der Waals surface area contributed by atoms with Crippen molar-refractivity contribution in [3.63, 3.8) is 0 Å². The fourth-order valence-corrected chi connectivity index (χ4v) is 2.93. The van der Waals surface area contributed by atoms with Gasteiger partial charge in [-0.15, -0.1) is 0 Å². The Bertz CT molecular complexity index is 869. The van der Waals surface area contributed by atoms with Crippen molar-refractivity contribution in [3.8, 4) is 0 Å². The van der Waals surface area contributed by atoms with Gasteiger partial charge in [0.2, 0.25) is 0 Å². The number of amidine groups is 1. The lowest BCUT2D eigenvalue weighted by atomic mass is 9.89. The average Bonchev–Trinajstić information content (AvgIpc) is 3.18. The second kappa shape index (κ2) is 6.68. The topological polar surface area (TPSA) is 87.7 Å². The zero-order valence-electron chi connectivity index (χ0n) is 15.8. The smallest absolute Gasteiger partial charge is 0.253 e. The molecule has 2 aromatic rings. The third-order valence-corrected chi connectivity index (χ3v) is 5.09. The average molecular weight is 355 g/mol. The first-order chi connectivity index (χ1) is 12.3. The van der Waals surface area contributed by atoms with E-state index in [0.29, 0.717) is 22.9 Å². The molecule has 0 spiro atoms. The molecule has 0 saturated carbocycles. The summed E-state index contributed by atoms with van der Waals surface area (Å²) in [7, 11) is 0. The Labute approximate surface area is 153 Å². The number of furan rings is 1. The van der Waals surface area contributed by atoms with Crippen molar-refractivity contribution in [3.05, 3.63) is 52.7 Å². The molecular weight excluding hydrogens is 330 g/mol. The lowest BCUT2D eigenvalue weighted by Gasteiger charge is -2.21. The Balaban J connectivity index is 2.10. The summed E-state index contributed by atoms with van der Waals surface area (Å²) in [5.41, 5.74) is 1.19. The Morgan fingerprint density at radius 1 is 1.35 bits per heavy atom. The fraction of sp³-hybridized carbons (Fsp3) is 0.450. The quantitative estimate of drug-likeness (QED) is 0.863. The maximum atomic E-state index is 12.5. The predicted molar refractivity (Wildman–Crippen MR) is 99.0 cm³/mol. The van der Waals surface area contributed by atoms with Crippen molar-refractivity contribution >= 4 is 11.7 Å². The van der Waals surface area contributed by atoms with E-state index in [9.17, 15) is 9.90 Å². The highest BCUT2D eigenvalue weighted by atomic mass is 16.4. The summed E-state index contributed by atoms with van der Waals surface area (Å²) in [6.45, 7) is 9.58. The van der Waals surface area contributed by atoms with E-state index < -0.39 is 11.6 Å². The van der Waals surface area contributed by atoms with Gasteiger partial charge in [-0.3, -0.25) is 9.78 Å². The van der Waals surface area contributed by atoms with Gasteiger partial charge in [0.15, 0.2) is 5.84 Å². The zero-order chi connectivity index (χ0) is 19.1. The fourth-order valence-electron chi connectivity index (χ4n) is 2.93. The number of nitrogens with zero attached hydrogens (tertiary/aromatic N) is 2. The van der Waals surface area contributed by atoms with Crippen LogP contribution in [0.25, 0.3) is 0 Å². The summed E-state index contributed by atoms with van der Waals surface area (Å²) in [6.07, 6.45) is 1.55. The molecule has 2 aromatic heterocycles. The van der Waals surface area contributed by atoms with E-state index in [1.807, 2.05) is 40.7 Å². The Morgan fingerprint density at radius 2 is 2.08 bits per heavy atom. The third kappa shape index (κ3) is 3.05. The molecule has 0 radical (unpaired) electrons. The molecule has 1 aliphatic heterocycles. The number of pyridine rings is 1. The van der Waals surface area contributed by atoms with Crippen molar-refractivity contribution in [1.29, 1.82) is 0 Å². The van der Waals surface area contributed by atoms with Crippen molar-refractivity contribution in [2.45, 2.75) is 52.7 Å². The first-order valence-electron chi connectivity index (χ1n) is 8.91. The molecule has 0 aromatic carbocycles. The van der Waals surface area contributed by atoms with E-state index >= 15 is 0 Å². The molecule has 2 atom stereocenters. The van der Waals surface area contributed by atoms with Crippen LogP contribution in [0.1, 0.15) is 62.1 Å². The van der Waals surface area contributed by atoms with Gasteiger partial charge in [-0.25, -0.2) is 4.99 Å². The number of hydrogen-bond donors (Lipinski definition) is 2. The number of carbonyl (C=O) groups excluding carboxylic acids is 1. The second-order valence-corrected chi connectivity index (χ2v) is 7.20. The van der Waals surface area contributed by atoms with Crippen LogP contribution in [0.5, 0.6) is 0 Å². The highest BCUT2D eigenvalue weighted by Gasteiger charge is 2.43. The van der Waals surface area contributed by atoms with E-state index in [2.05, 4.69) is 15.3 Å². The normalized spacial score (nSPS) is 21.0. The van der Waals surface area contributed by atoms with Crippen LogP contribution >= 0.6 is 0 Å². The minimum atomic E-state index is -0.983. The molecule has 0 saturated heterocycles. The standard InChI is InChI=1S/C20H25N3O3/c1-6-13-9-14(17(24)15-8-7-12(4)26-15)16(21-10-13)18-22-19(25)20(5,23-18)11(2)3/h7-11,17,24H,6H2,1-5H3,(H,22,23,25). The van der Waals surface area contributed by atoms with Crippen molar-refractivity contribution in [2.75, 3.05) is 0 Å². The summed E-state index contributed by atoms with van der Waals surface area (Å²) < 4.78 is 5.59. The van der Waals surface area contributed by atoms with Gasteiger partial charge in [0, 0.05) is 11.8 Å². The summed E-state index contributed by atoms with van der Waals surface area (Å²) in [4.78, 5) is 21.6. The number of amides is 1. The number of aliphatic hydroxyl groups excluding tert-OH is 1. The molecule has 3 heterocycles. The first kappa shape index (κ1) is 18.3. The Hall–Kier alpha value is -2.47. The number of nitrogens with one attached hydrogen (secondary N) is 1. The number of carbonyl (C=O) groups is 1. The van der Waals surface area contributed by atoms with E-state index in [4.69, 9.17) is 4.42 Å². The van der Waals surface area contributed by atoms with E-state index in [-0.39, 0.29) is 11.8 Å². The van der Waals surface area contributed by atoms with Gasteiger partial charge in [0.1, 0.15) is 28.9 Å². The molecule has 6 nitrogen and oxygen atoms in total. The maximum absolute atomic E-state index is 12.5. The number of aliphatic imine (C=N–C) groups is 1. The minimum absolute atomic E-state index is 0.0380. The Kier molecular flexibility index (Phi) is 4.71. The van der Waals surface area contributed by atoms with Gasteiger partial charge >= 0.3 is 0 Å². The molecule has 0 aliphatic carbocycles. The van der Waals surface area contributed by atoms with Crippen LogP contribution in [-0.4, -0.2) is 27.4 Å². The van der Waals surface area contributed by atoms with Crippen LogP contribution in [0.4, 0.5) is 0 Å². The number of aromatic nitrogens is 1. The lowest BCUT2D eigenvalue weighted by Crippen LogP contribution is -2.41. The van der Waals surface area contributed by atoms with Crippen LogP contribution in [0.2, 0.25) is 0 Å². The molecule has 26 heavy (non-hydrogen) atoms. The predicted octanol–water partition coefficient (Wildman–Crippen LogP) is 2.92. The lowest BCUT2D eigenvalue weighted by molar-refractivity contribution is -0.124. The van der Waals surface area contributed by atoms with Gasteiger partial charge in [-0.2, -0.15) is 0 Å². The van der Waals surface area contributed by atoms with Gasteiger partial charge in [0.25, 0.3) is 5.91 Å². The van der Waals surface area contributed by atoms with Crippen LogP contribution in [0.15, 0.2) is 33.8 Å². The van der Waals surface area contributed by atoms with E-state index in [1.54, 1.807) is 18.3 Å². The number of aryl methyl sites for hydroxylation is 2. The Morgan fingerprint density at radius 3 is 2.62 bits per heavy atom. The van der Waals surface area contributed by atoms with Crippen molar-refractivity contribution < 1.29 is 14.3 Å². The van der Waals surface area contributed by atoms with Crippen molar-refractivity contribution in [2.24, 2.45) is 10.9 Å². The van der Waals surface area contributed by atoms with Gasteiger partial charge in [-0.1, -0.05) is 20.8 Å². The molecule has 2 unspecified atom stereocenters. The highest BCUT2D eigenvalue weighted by molar-refractivity contribution is 6.15. The van der Waals surface area contributed by atoms with Crippen molar-refractivity contribution in [1.82, 2.24) is 10.3 Å².